The van der Waals surface area contributed by atoms with Crippen molar-refractivity contribution in [2.45, 2.75) is 0 Å². The van der Waals surface area contributed by atoms with Crippen LogP contribution < -0.4 is 0 Å². The van der Waals surface area contributed by atoms with E-state index in [2.05, 4.69) is 160 Å². The molecule has 0 radical (unpaired) electrons. The van der Waals surface area contributed by atoms with Crippen LogP contribution in [0.2, 0.25) is 0 Å². The van der Waals surface area contributed by atoms with Gasteiger partial charge in [-0.25, -0.2) is 9.97 Å². The van der Waals surface area contributed by atoms with Crippen LogP contribution in [-0.2, 0) is 0 Å². The highest BCUT2D eigenvalue weighted by atomic mass is 16.3. The van der Waals surface area contributed by atoms with Crippen molar-refractivity contribution < 1.29 is 4.42 Å². The number of aromatic nitrogens is 5. The monoisotopic (exact) mass is 729 g/mol. The highest BCUT2D eigenvalue weighted by Crippen LogP contribution is 2.39. The van der Waals surface area contributed by atoms with Crippen molar-refractivity contribution in [3.63, 3.8) is 0 Å². The zero-order valence-corrected chi connectivity index (χ0v) is 30.5. The predicted octanol–water partition coefficient (Wildman–Crippen LogP) is 13.0. The second kappa shape index (κ2) is 12.3. The van der Waals surface area contributed by atoms with Gasteiger partial charge in [0.2, 0.25) is 0 Å². The number of furan rings is 1. The number of hydrogen-bond acceptors (Lipinski definition) is 4. The normalized spacial score (nSPS) is 11.9. The van der Waals surface area contributed by atoms with Crippen LogP contribution in [0.1, 0.15) is 0 Å². The number of fused-ring (bicyclic) bond motifs is 9. The molecule has 0 saturated carbocycles. The number of benzene rings is 7. The molecular weight excluding hydrogens is 699 g/mol. The molecule has 7 aromatic carbocycles. The first kappa shape index (κ1) is 31.5. The zero-order chi connectivity index (χ0) is 37.5. The lowest BCUT2D eigenvalue weighted by Crippen LogP contribution is -2.02. The molecule has 6 heteroatoms. The van der Waals surface area contributed by atoms with E-state index in [1.165, 1.54) is 21.5 Å². The van der Waals surface area contributed by atoms with Crippen molar-refractivity contribution in [3.8, 4) is 45.3 Å². The number of hydrogen-bond donors (Lipinski definition) is 0. The second-order valence-corrected chi connectivity index (χ2v) is 14.5. The summed E-state index contributed by atoms with van der Waals surface area (Å²) in [5.41, 5.74) is 13.3. The number of para-hydroxylation sites is 2. The highest BCUT2D eigenvalue weighted by molar-refractivity contribution is 6.13. The molecule has 0 bridgehead atoms. The minimum atomic E-state index is 0.691. The molecule has 0 fully saturated rings. The minimum Gasteiger partial charge on any atom is -0.454 e. The van der Waals surface area contributed by atoms with Gasteiger partial charge in [-0.2, -0.15) is 0 Å². The van der Waals surface area contributed by atoms with E-state index < -0.39 is 0 Å². The second-order valence-electron chi connectivity index (χ2n) is 14.5. The first-order chi connectivity index (χ1) is 28.2. The van der Waals surface area contributed by atoms with Crippen molar-refractivity contribution in [1.29, 1.82) is 0 Å². The molecule has 0 N–H and O–H groups in total. The van der Waals surface area contributed by atoms with Crippen LogP contribution in [0.25, 0.3) is 111 Å². The van der Waals surface area contributed by atoms with Crippen LogP contribution in [0.3, 0.4) is 0 Å². The van der Waals surface area contributed by atoms with Gasteiger partial charge < -0.3 is 8.98 Å². The number of rotatable bonds is 5. The van der Waals surface area contributed by atoms with E-state index in [0.717, 1.165) is 83.6 Å². The van der Waals surface area contributed by atoms with Crippen molar-refractivity contribution in [2.24, 2.45) is 0 Å². The molecule has 5 heterocycles. The summed E-state index contributed by atoms with van der Waals surface area (Å²) >= 11 is 0. The van der Waals surface area contributed by atoms with Gasteiger partial charge in [-0.1, -0.05) is 109 Å². The molecule has 0 amide bonds. The van der Waals surface area contributed by atoms with Gasteiger partial charge in [-0.05, 0) is 77.9 Å². The lowest BCUT2D eigenvalue weighted by Gasteiger charge is -2.12. The third kappa shape index (κ3) is 4.94. The van der Waals surface area contributed by atoms with Crippen molar-refractivity contribution >= 4 is 65.7 Å². The van der Waals surface area contributed by atoms with E-state index in [-0.39, 0.29) is 0 Å². The van der Waals surface area contributed by atoms with Crippen LogP contribution >= 0.6 is 0 Å². The van der Waals surface area contributed by atoms with E-state index in [0.29, 0.717) is 5.82 Å². The number of pyridine rings is 1. The topological polar surface area (TPSA) is 61.7 Å². The molecule has 0 saturated heterocycles. The van der Waals surface area contributed by atoms with Gasteiger partial charge in [0.15, 0.2) is 11.4 Å². The fourth-order valence-electron chi connectivity index (χ4n) is 8.58. The Morgan fingerprint density at radius 2 is 1.00 bits per heavy atom. The Hall–Kier alpha value is -7.83. The van der Waals surface area contributed by atoms with Crippen LogP contribution in [0.4, 0.5) is 0 Å². The van der Waals surface area contributed by atoms with E-state index in [1.54, 1.807) is 0 Å². The van der Waals surface area contributed by atoms with Crippen molar-refractivity contribution in [3.05, 3.63) is 188 Å². The van der Waals surface area contributed by atoms with E-state index in [4.69, 9.17) is 14.4 Å². The fourth-order valence-corrected chi connectivity index (χ4v) is 8.58. The van der Waals surface area contributed by atoms with Crippen LogP contribution in [-0.4, -0.2) is 24.1 Å². The van der Waals surface area contributed by atoms with Crippen LogP contribution in [0, 0.1) is 0 Å². The Morgan fingerprint density at radius 3 is 1.72 bits per heavy atom. The Kier molecular flexibility index (Phi) is 6.83. The Balaban J connectivity index is 1.03. The predicted molar refractivity (Wildman–Crippen MR) is 232 cm³/mol. The molecule has 12 rings (SSSR count). The number of nitrogens with zero attached hydrogens (tertiary/aromatic N) is 5. The summed E-state index contributed by atoms with van der Waals surface area (Å²) in [4.78, 5) is 14.9. The fraction of sp³-hybridized carbons (Fsp3) is 0. The van der Waals surface area contributed by atoms with Gasteiger partial charge in [-0.3, -0.25) is 9.55 Å². The third-order valence-electron chi connectivity index (χ3n) is 11.2. The molecule has 0 aliphatic carbocycles. The van der Waals surface area contributed by atoms with Gasteiger partial charge in [-0.15, -0.1) is 0 Å². The standard InChI is InChI=1S/C51H31N5O/c1-3-12-32(13-4-1)42-31-49(54-51(53-42)33-14-5-2-6-15-33)56-44-19-10-8-17-38(44)40-29-35(22-25-46(40)56)34-21-24-45-39(28-34)37-16-7-9-18-43(37)55(45)36-23-26-47-41(30-36)50-48(57-47)20-11-27-52-50/h1-31H. The molecule has 266 valence electrons. The summed E-state index contributed by atoms with van der Waals surface area (Å²) in [5.74, 6) is 1.52. The summed E-state index contributed by atoms with van der Waals surface area (Å²) in [6, 6.07) is 63.8. The molecule has 6 nitrogen and oxygen atoms in total. The molecular formula is C51H31N5O. The smallest absolute Gasteiger partial charge is 0.162 e. The van der Waals surface area contributed by atoms with E-state index in [9.17, 15) is 0 Å². The zero-order valence-electron chi connectivity index (χ0n) is 30.5. The maximum absolute atomic E-state index is 6.12. The molecule has 0 aliphatic rings. The van der Waals surface area contributed by atoms with Gasteiger partial charge in [0.25, 0.3) is 0 Å². The molecule has 0 aliphatic heterocycles. The Morgan fingerprint density at radius 1 is 0.386 bits per heavy atom. The molecule has 0 spiro atoms. The summed E-state index contributed by atoms with van der Waals surface area (Å²) in [5, 5.41) is 5.75. The first-order valence-electron chi connectivity index (χ1n) is 19.1. The average Bonchev–Trinajstić information content (AvgIpc) is 3.94. The van der Waals surface area contributed by atoms with Gasteiger partial charge >= 0.3 is 0 Å². The summed E-state index contributed by atoms with van der Waals surface area (Å²) in [6.45, 7) is 0. The van der Waals surface area contributed by atoms with Crippen molar-refractivity contribution in [1.82, 2.24) is 24.1 Å². The maximum Gasteiger partial charge on any atom is 0.162 e. The van der Waals surface area contributed by atoms with E-state index >= 15 is 0 Å². The van der Waals surface area contributed by atoms with E-state index in [1.807, 2.05) is 42.6 Å². The molecule has 0 atom stereocenters. The molecule has 5 aromatic heterocycles. The van der Waals surface area contributed by atoms with Gasteiger partial charge in [0.05, 0.1) is 27.8 Å². The maximum atomic E-state index is 6.12. The Bertz CT molecular complexity index is 3470. The van der Waals surface area contributed by atoms with Crippen LogP contribution in [0.5, 0.6) is 0 Å². The van der Waals surface area contributed by atoms with Crippen molar-refractivity contribution in [2.75, 3.05) is 0 Å². The first-order valence-corrected chi connectivity index (χ1v) is 19.1. The summed E-state index contributed by atoms with van der Waals surface area (Å²) < 4.78 is 10.7. The summed E-state index contributed by atoms with van der Waals surface area (Å²) in [7, 11) is 0. The minimum absolute atomic E-state index is 0.691. The quantitative estimate of drug-likeness (QED) is 0.177. The molecule has 57 heavy (non-hydrogen) atoms. The van der Waals surface area contributed by atoms with Gasteiger partial charge in [0, 0.05) is 56.0 Å². The third-order valence-corrected chi connectivity index (χ3v) is 11.2. The largest absolute Gasteiger partial charge is 0.454 e. The lowest BCUT2D eigenvalue weighted by atomic mass is 10.0. The average molecular weight is 730 g/mol. The van der Waals surface area contributed by atoms with Crippen LogP contribution in [0.15, 0.2) is 193 Å². The Labute approximate surface area is 326 Å². The van der Waals surface area contributed by atoms with Gasteiger partial charge in [0.1, 0.15) is 16.9 Å². The highest BCUT2D eigenvalue weighted by Gasteiger charge is 2.19. The SMILES string of the molecule is c1ccc(-c2cc(-n3c4ccccc4c4cc(-c5ccc6c(c5)c5ccccc5n6-c5ccc6oc7cccnc7c6c5)ccc43)nc(-c3ccccc3)n2)cc1. The summed E-state index contributed by atoms with van der Waals surface area (Å²) in [6.07, 6.45) is 1.82. The molecule has 12 aromatic rings. The molecule has 0 unspecified atom stereocenters. The lowest BCUT2D eigenvalue weighted by molar-refractivity contribution is 0.668.